The summed E-state index contributed by atoms with van der Waals surface area (Å²) in [6.45, 7) is 5.12. The zero-order valence-corrected chi connectivity index (χ0v) is 7.44. The molecular weight excluding hydrogens is 146 g/mol. The minimum atomic E-state index is 0.479. The van der Waals surface area contributed by atoms with E-state index in [0.29, 0.717) is 17.1 Å². The van der Waals surface area contributed by atoms with Crippen LogP contribution in [0.3, 0.4) is 0 Å². The largest absolute Gasteiger partial charge is 0.469 e. The van der Waals surface area contributed by atoms with Crippen molar-refractivity contribution in [3.63, 3.8) is 0 Å². The van der Waals surface area contributed by atoms with Gasteiger partial charge >= 0.3 is 0 Å². The Bertz CT molecular complexity index is 147. The Morgan fingerprint density at radius 1 is 1.70 bits per heavy atom. The fourth-order valence-electron chi connectivity index (χ4n) is 1.15. The number of likely N-dealkylation sites (N-methyl/N-ethyl adjacent to an activating group) is 1. The van der Waals surface area contributed by atoms with Gasteiger partial charge in [0.2, 0.25) is 0 Å². The van der Waals surface area contributed by atoms with E-state index < -0.39 is 0 Å². The quantitative estimate of drug-likeness (QED) is 0.534. The molecule has 1 aliphatic heterocycles. The molecule has 1 heterocycles. The molecule has 0 radical (unpaired) electrons. The van der Waals surface area contributed by atoms with Crippen molar-refractivity contribution in [1.29, 1.82) is 0 Å². The summed E-state index contributed by atoms with van der Waals surface area (Å²) in [6.07, 6.45) is 0. The van der Waals surface area contributed by atoms with Crippen molar-refractivity contribution >= 4 is 17.4 Å². The van der Waals surface area contributed by atoms with Crippen molar-refractivity contribution in [2.24, 2.45) is 5.92 Å². The molecule has 0 aliphatic carbocycles. The van der Waals surface area contributed by atoms with Gasteiger partial charge in [0.1, 0.15) is 6.61 Å². The molecule has 0 amide bonds. The zero-order valence-electron chi connectivity index (χ0n) is 6.63. The van der Waals surface area contributed by atoms with Crippen molar-refractivity contribution in [3.05, 3.63) is 0 Å². The molecule has 0 aromatic heterocycles. The van der Waals surface area contributed by atoms with E-state index in [9.17, 15) is 0 Å². The summed E-state index contributed by atoms with van der Waals surface area (Å²) in [4.78, 5) is 2.03. The van der Waals surface area contributed by atoms with Crippen molar-refractivity contribution in [3.8, 4) is 0 Å². The highest BCUT2D eigenvalue weighted by Gasteiger charge is 2.28. The van der Waals surface area contributed by atoms with Crippen molar-refractivity contribution in [1.82, 2.24) is 4.90 Å². The van der Waals surface area contributed by atoms with Crippen LogP contribution >= 0.6 is 12.2 Å². The van der Waals surface area contributed by atoms with Crippen LogP contribution < -0.4 is 0 Å². The van der Waals surface area contributed by atoms with Crippen LogP contribution in [0.4, 0.5) is 0 Å². The summed E-state index contributed by atoms with van der Waals surface area (Å²) < 4.78 is 5.20. The van der Waals surface area contributed by atoms with Gasteiger partial charge in [-0.3, -0.25) is 0 Å². The molecule has 0 saturated carbocycles. The third-order valence-corrected chi connectivity index (χ3v) is 2.34. The Labute approximate surface area is 67.2 Å². The van der Waals surface area contributed by atoms with E-state index in [4.69, 9.17) is 17.0 Å². The maximum absolute atomic E-state index is 5.20. The summed E-state index contributed by atoms with van der Waals surface area (Å²) in [6, 6.07) is 0.479. The monoisotopic (exact) mass is 159 g/mol. The number of hydrogen-bond donors (Lipinski definition) is 0. The highest BCUT2D eigenvalue weighted by atomic mass is 32.1. The van der Waals surface area contributed by atoms with Gasteiger partial charge in [0.15, 0.2) is 0 Å². The lowest BCUT2D eigenvalue weighted by Crippen LogP contribution is -2.33. The van der Waals surface area contributed by atoms with Crippen molar-refractivity contribution in [2.45, 2.75) is 19.9 Å². The second kappa shape index (κ2) is 2.74. The number of rotatable bonds is 1. The number of nitrogens with zero attached hydrogens (tertiary/aromatic N) is 1. The second-order valence-electron chi connectivity index (χ2n) is 3.00. The highest BCUT2D eigenvalue weighted by Crippen LogP contribution is 2.16. The highest BCUT2D eigenvalue weighted by molar-refractivity contribution is 7.80. The van der Waals surface area contributed by atoms with Crippen LogP contribution in [-0.4, -0.2) is 29.8 Å². The Morgan fingerprint density at radius 2 is 2.30 bits per heavy atom. The Morgan fingerprint density at radius 3 is 2.50 bits per heavy atom. The summed E-state index contributed by atoms with van der Waals surface area (Å²) in [5.74, 6) is 0.616. The van der Waals surface area contributed by atoms with E-state index in [1.54, 1.807) is 0 Å². The molecule has 0 aromatic rings. The number of ether oxygens (including phenoxy) is 1. The van der Waals surface area contributed by atoms with E-state index >= 15 is 0 Å². The van der Waals surface area contributed by atoms with Gasteiger partial charge in [-0.05, 0) is 18.1 Å². The van der Waals surface area contributed by atoms with Crippen LogP contribution in [0, 0.1) is 5.92 Å². The first-order chi connectivity index (χ1) is 4.63. The fourth-order valence-corrected chi connectivity index (χ4v) is 1.35. The van der Waals surface area contributed by atoms with Gasteiger partial charge in [0, 0.05) is 7.05 Å². The molecule has 2 nitrogen and oxygen atoms in total. The smallest absolute Gasteiger partial charge is 0.259 e. The van der Waals surface area contributed by atoms with E-state index in [-0.39, 0.29) is 0 Å². The fraction of sp³-hybridized carbons (Fsp3) is 0.857. The molecule has 3 heteroatoms. The molecular formula is C7H13NOS. The molecule has 1 aliphatic rings. The van der Waals surface area contributed by atoms with Gasteiger partial charge in [-0.15, -0.1) is 0 Å². The predicted molar refractivity (Wildman–Crippen MR) is 44.9 cm³/mol. The van der Waals surface area contributed by atoms with Crippen LogP contribution in [-0.2, 0) is 4.74 Å². The molecule has 10 heavy (non-hydrogen) atoms. The zero-order chi connectivity index (χ0) is 7.72. The molecule has 0 bridgehead atoms. The van der Waals surface area contributed by atoms with E-state index in [1.165, 1.54) is 0 Å². The van der Waals surface area contributed by atoms with Crippen molar-refractivity contribution < 1.29 is 4.74 Å². The van der Waals surface area contributed by atoms with E-state index in [2.05, 4.69) is 13.8 Å². The molecule has 0 aromatic carbocycles. The summed E-state index contributed by atoms with van der Waals surface area (Å²) in [7, 11) is 1.99. The minimum absolute atomic E-state index is 0.479. The van der Waals surface area contributed by atoms with Gasteiger partial charge in [-0.2, -0.15) is 0 Å². The normalized spacial score (nSPS) is 25.8. The maximum Gasteiger partial charge on any atom is 0.259 e. The van der Waals surface area contributed by atoms with Gasteiger partial charge in [-0.1, -0.05) is 13.8 Å². The first kappa shape index (κ1) is 7.79. The van der Waals surface area contributed by atoms with Gasteiger partial charge in [-0.25, -0.2) is 0 Å². The molecule has 1 atom stereocenters. The van der Waals surface area contributed by atoms with Crippen LogP contribution in [0.25, 0.3) is 0 Å². The maximum atomic E-state index is 5.20. The lowest BCUT2D eigenvalue weighted by atomic mass is 10.1. The van der Waals surface area contributed by atoms with Gasteiger partial charge < -0.3 is 9.64 Å². The average Bonchev–Trinajstić information content (AvgIpc) is 2.14. The van der Waals surface area contributed by atoms with Crippen LogP contribution in [0.1, 0.15) is 13.8 Å². The number of thiocarbonyl (C=S) groups is 1. The first-order valence-corrected chi connectivity index (χ1v) is 3.93. The van der Waals surface area contributed by atoms with Gasteiger partial charge in [0.05, 0.1) is 6.04 Å². The van der Waals surface area contributed by atoms with Crippen molar-refractivity contribution in [2.75, 3.05) is 13.7 Å². The SMILES string of the molecule is CC(C)[C@H]1COC(=S)N1C. The number of hydrogen-bond acceptors (Lipinski definition) is 2. The van der Waals surface area contributed by atoms with E-state index in [1.807, 2.05) is 11.9 Å². The standard InChI is InChI=1S/C7H13NOS/c1-5(2)6-4-9-7(10)8(6)3/h5-6H,4H2,1-3H3/t6-/m1/s1. The average molecular weight is 159 g/mol. The predicted octanol–water partition coefficient (Wildman–Crippen LogP) is 1.26. The molecule has 1 rings (SSSR count). The Kier molecular flexibility index (Phi) is 2.14. The third-order valence-electron chi connectivity index (χ3n) is 1.93. The van der Waals surface area contributed by atoms with E-state index in [0.717, 1.165) is 6.61 Å². The lowest BCUT2D eigenvalue weighted by molar-refractivity contribution is 0.273. The molecule has 0 spiro atoms. The first-order valence-electron chi connectivity index (χ1n) is 3.52. The topological polar surface area (TPSA) is 12.5 Å². The molecule has 58 valence electrons. The molecule has 0 unspecified atom stereocenters. The third kappa shape index (κ3) is 1.24. The molecule has 1 fully saturated rings. The summed E-state index contributed by atoms with van der Waals surface area (Å²) >= 11 is 4.94. The summed E-state index contributed by atoms with van der Waals surface area (Å²) in [5.41, 5.74) is 0. The Balaban J connectivity index is 2.57. The molecule has 1 saturated heterocycles. The lowest BCUT2D eigenvalue weighted by Gasteiger charge is -2.20. The van der Waals surface area contributed by atoms with Crippen LogP contribution in [0.2, 0.25) is 0 Å². The minimum Gasteiger partial charge on any atom is -0.469 e. The van der Waals surface area contributed by atoms with Crippen LogP contribution in [0.15, 0.2) is 0 Å². The molecule has 0 N–H and O–H groups in total. The van der Waals surface area contributed by atoms with Gasteiger partial charge in [0.25, 0.3) is 5.17 Å². The van der Waals surface area contributed by atoms with Crippen LogP contribution in [0.5, 0.6) is 0 Å². The summed E-state index contributed by atoms with van der Waals surface area (Å²) in [5, 5.41) is 0.638. The second-order valence-corrected chi connectivity index (χ2v) is 3.35. The Hall–Kier alpha value is -0.310.